The van der Waals surface area contributed by atoms with Gasteiger partial charge in [-0.1, -0.05) is 12.1 Å². The number of anilines is 1. The van der Waals surface area contributed by atoms with Crippen molar-refractivity contribution >= 4 is 17.5 Å². The van der Waals surface area contributed by atoms with Crippen molar-refractivity contribution in [3.05, 3.63) is 29.8 Å². The summed E-state index contributed by atoms with van der Waals surface area (Å²) in [4.78, 5) is 26.9. The predicted octanol–water partition coefficient (Wildman–Crippen LogP) is 1.61. The van der Waals surface area contributed by atoms with Gasteiger partial charge in [0.25, 0.3) is 5.91 Å². The van der Waals surface area contributed by atoms with Crippen molar-refractivity contribution in [3.63, 3.8) is 0 Å². The van der Waals surface area contributed by atoms with Crippen molar-refractivity contribution in [2.75, 3.05) is 31.6 Å². The molecule has 1 saturated carbocycles. The van der Waals surface area contributed by atoms with E-state index in [1.807, 2.05) is 12.1 Å². The number of piperidine rings is 1. The molecular weight excluding hydrogens is 318 g/mol. The maximum Gasteiger partial charge on any atom is 0.253 e. The van der Waals surface area contributed by atoms with Crippen LogP contribution in [0.25, 0.3) is 0 Å². The molecule has 0 unspecified atom stereocenters. The van der Waals surface area contributed by atoms with Crippen LogP contribution < -0.4 is 10.6 Å². The van der Waals surface area contributed by atoms with Crippen molar-refractivity contribution < 1.29 is 14.7 Å². The van der Waals surface area contributed by atoms with Gasteiger partial charge in [0.05, 0.1) is 17.8 Å². The molecule has 0 aromatic heterocycles. The summed E-state index contributed by atoms with van der Waals surface area (Å²) in [6.45, 7) is 2.27. The van der Waals surface area contributed by atoms with E-state index in [-0.39, 0.29) is 24.5 Å². The number of hydrogen-bond acceptors (Lipinski definition) is 4. The molecule has 3 N–H and O–H groups in total. The quantitative estimate of drug-likeness (QED) is 0.701. The molecule has 2 amide bonds. The van der Waals surface area contributed by atoms with Gasteiger partial charge in [-0.3, -0.25) is 14.5 Å². The van der Waals surface area contributed by atoms with Gasteiger partial charge in [0, 0.05) is 19.2 Å². The summed E-state index contributed by atoms with van der Waals surface area (Å²) >= 11 is 0. The van der Waals surface area contributed by atoms with E-state index < -0.39 is 0 Å². The highest BCUT2D eigenvalue weighted by Crippen LogP contribution is 2.22. The van der Waals surface area contributed by atoms with Crippen molar-refractivity contribution in [3.8, 4) is 0 Å². The number of hydrogen-bond donors (Lipinski definition) is 3. The molecular formula is C19H27N3O3. The van der Waals surface area contributed by atoms with Crippen molar-refractivity contribution in [1.29, 1.82) is 0 Å². The molecule has 0 spiro atoms. The number of carbonyl (C=O) groups is 2. The van der Waals surface area contributed by atoms with E-state index >= 15 is 0 Å². The van der Waals surface area contributed by atoms with Crippen LogP contribution in [0.1, 0.15) is 42.5 Å². The zero-order valence-corrected chi connectivity index (χ0v) is 14.5. The Kier molecular flexibility index (Phi) is 6.04. The first kappa shape index (κ1) is 17.9. The fraction of sp³-hybridized carbons (Fsp3) is 0.579. The molecule has 1 heterocycles. The lowest BCUT2D eigenvalue weighted by molar-refractivity contribution is -0.117. The first-order chi connectivity index (χ1) is 12.2. The molecule has 136 valence electrons. The summed E-state index contributed by atoms with van der Waals surface area (Å²) in [5, 5.41) is 14.9. The van der Waals surface area contributed by atoms with E-state index in [0.29, 0.717) is 23.7 Å². The number of rotatable bonds is 7. The maximum atomic E-state index is 12.4. The van der Waals surface area contributed by atoms with Crippen LogP contribution in [0.5, 0.6) is 0 Å². The molecule has 25 heavy (non-hydrogen) atoms. The van der Waals surface area contributed by atoms with Crippen molar-refractivity contribution in [1.82, 2.24) is 10.2 Å². The van der Waals surface area contributed by atoms with Gasteiger partial charge >= 0.3 is 0 Å². The Bertz CT molecular complexity index is 614. The van der Waals surface area contributed by atoms with E-state index in [4.69, 9.17) is 5.11 Å². The summed E-state index contributed by atoms with van der Waals surface area (Å²) in [5.41, 5.74) is 1.08. The zero-order valence-electron chi connectivity index (χ0n) is 14.5. The molecule has 0 bridgehead atoms. The largest absolute Gasteiger partial charge is 0.396 e. The summed E-state index contributed by atoms with van der Waals surface area (Å²) in [6, 6.07) is 7.42. The second-order valence-corrected chi connectivity index (χ2v) is 7.10. The summed E-state index contributed by atoms with van der Waals surface area (Å²) < 4.78 is 0. The number of likely N-dealkylation sites (tertiary alicyclic amines) is 1. The van der Waals surface area contributed by atoms with E-state index in [0.717, 1.165) is 45.2 Å². The van der Waals surface area contributed by atoms with E-state index in [2.05, 4.69) is 15.5 Å². The van der Waals surface area contributed by atoms with Crippen molar-refractivity contribution in [2.24, 2.45) is 5.92 Å². The van der Waals surface area contributed by atoms with Crippen LogP contribution in [0.2, 0.25) is 0 Å². The lowest BCUT2D eigenvalue weighted by Gasteiger charge is -2.31. The second-order valence-electron chi connectivity index (χ2n) is 7.10. The molecule has 6 heteroatoms. The van der Waals surface area contributed by atoms with E-state index in [1.165, 1.54) is 0 Å². The van der Waals surface area contributed by atoms with Crippen LogP contribution in [0, 0.1) is 5.92 Å². The fourth-order valence-corrected chi connectivity index (χ4v) is 3.39. The standard InChI is InChI=1S/C19H27N3O3/c23-11-9-14-4-3-10-22(12-14)13-18(24)21-17-6-2-1-5-16(17)19(25)20-15-7-8-15/h1-2,5-6,14-15,23H,3-4,7-13H2,(H,20,25)(H,21,24)/t14-/m1/s1. The molecule has 3 rings (SSSR count). The minimum absolute atomic E-state index is 0.101. The molecule has 6 nitrogen and oxygen atoms in total. The minimum Gasteiger partial charge on any atom is -0.396 e. The van der Waals surface area contributed by atoms with Crippen LogP contribution >= 0.6 is 0 Å². The fourth-order valence-electron chi connectivity index (χ4n) is 3.39. The number of amides is 2. The number of para-hydroxylation sites is 1. The highest BCUT2D eigenvalue weighted by atomic mass is 16.3. The molecule has 1 aliphatic carbocycles. The first-order valence-corrected chi connectivity index (χ1v) is 9.18. The third-order valence-electron chi connectivity index (χ3n) is 4.87. The Morgan fingerprint density at radius 1 is 1.20 bits per heavy atom. The number of aliphatic hydroxyl groups is 1. The lowest BCUT2D eigenvalue weighted by Crippen LogP contribution is -2.40. The number of carbonyl (C=O) groups excluding carboxylic acids is 2. The molecule has 2 aliphatic rings. The Morgan fingerprint density at radius 3 is 2.76 bits per heavy atom. The molecule has 1 aromatic rings. The maximum absolute atomic E-state index is 12.4. The molecule has 1 atom stereocenters. The van der Waals surface area contributed by atoms with Gasteiger partial charge in [0.2, 0.25) is 5.91 Å². The summed E-state index contributed by atoms with van der Waals surface area (Å²) in [7, 11) is 0. The molecule has 1 saturated heterocycles. The zero-order chi connectivity index (χ0) is 17.6. The van der Waals surface area contributed by atoms with Gasteiger partial charge in [-0.25, -0.2) is 0 Å². The monoisotopic (exact) mass is 345 g/mol. The Hall–Kier alpha value is -1.92. The van der Waals surface area contributed by atoms with E-state index in [1.54, 1.807) is 12.1 Å². The molecule has 1 aromatic carbocycles. The highest BCUT2D eigenvalue weighted by molar-refractivity contribution is 6.04. The number of nitrogens with zero attached hydrogens (tertiary/aromatic N) is 1. The van der Waals surface area contributed by atoms with Gasteiger partial charge in [0.15, 0.2) is 0 Å². The second kappa shape index (κ2) is 8.45. The Balaban J connectivity index is 1.56. The van der Waals surface area contributed by atoms with Gasteiger partial charge in [-0.15, -0.1) is 0 Å². The number of nitrogens with one attached hydrogen (secondary N) is 2. The molecule has 2 fully saturated rings. The SMILES string of the molecule is O=C(CN1CCC[C@H](CCO)C1)Nc1ccccc1C(=O)NC1CC1. The van der Waals surface area contributed by atoms with Gasteiger partial charge in [0.1, 0.15) is 0 Å². The smallest absolute Gasteiger partial charge is 0.253 e. The van der Waals surface area contributed by atoms with E-state index in [9.17, 15) is 9.59 Å². The Labute approximate surface area is 148 Å². The molecule has 0 radical (unpaired) electrons. The van der Waals surface area contributed by atoms with Gasteiger partial charge in [-0.05, 0) is 56.7 Å². The third-order valence-corrected chi connectivity index (χ3v) is 4.87. The van der Waals surface area contributed by atoms with Crippen LogP contribution in [0.15, 0.2) is 24.3 Å². The number of aliphatic hydroxyl groups excluding tert-OH is 1. The van der Waals surface area contributed by atoms with Gasteiger partial charge in [-0.2, -0.15) is 0 Å². The Morgan fingerprint density at radius 2 is 2.00 bits per heavy atom. The van der Waals surface area contributed by atoms with Crippen LogP contribution in [0.3, 0.4) is 0 Å². The average Bonchev–Trinajstić information content (AvgIpc) is 3.40. The lowest BCUT2D eigenvalue weighted by atomic mass is 9.95. The normalized spacial score (nSPS) is 20.9. The van der Waals surface area contributed by atoms with Crippen LogP contribution in [-0.2, 0) is 4.79 Å². The van der Waals surface area contributed by atoms with Crippen LogP contribution in [0.4, 0.5) is 5.69 Å². The minimum atomic E-state index is -0.126. The third kappa shape index (κ3) is 5.28. The number of benzene rings is 1. The first-order valence-electron chi connectivity index (χ1n) is 9.18. The van der Waals surface area contributed by atoms with Crippen LogP contribution in [-0.4, -0.2) is 54.1 Å². The highest BCUT2D eigenvalue weighted by Gasteiger charge is 2.25. The van der Waals surface area contributed by atoms with Gasteiger partial charge < -0.3 is 15.7 Å². The average molecular weight is 345 g/mol. The van der Waals surface area contributed by atoms with Crippen molar-refractivity contribution in [2.45, 2.75) is 38.1 Å². The molecule has 1 aliphatic heterocycles. The summed E-state index contributed by atoms with van der Waals surface area (Å²) in [5.74, 6) is 0.235. The predicted molar refractivity (Wildman–Crippen MR) is 96.4 cm³/mol. The topological polar surface area (TPSA) is 81.7 Å². The summed E-state index contributed by atoms with van der Waals surface area (Å²) in [6.07, 6.45) is 5.03.